The quantitative estimate of drug-likeness (QED) is 0.694. The van der Waals surface area contributed by atoms with Gasteiger partial charge in [-0.25, -0.2) is 8.42 Å². The Morgan fingerprint density at radius 1 is 1.07 bits per heavy atom. The number of hydrogen-bond acceptors (Lipinski definition) is 4. The molecule has 2 aromatic rings. The van der Waals surface area contributed by atoms with Gasteiger partial charge in [0.05, 0.1) is 24.6 Å². The molecule has 2 aromatic carbocycles. The van der Waals surface area contributed by atoms with E-state index in [1.165, 1.54) is 4.31 Å². The van der Waals surface area contributed by atoms with Gasteiger partial charge in [0.15, 0.2) is 0 Å². The zero-order chi connectivity index (χ0) is 20.7. The van der Waals surface area contributed by atoms with Crippen LogP contribution in [0.3, 0.4) is 0 Å². The second-order valence-electron chi connectivity index (χ2n) is 6.55. The fourth-order valence-corrected chi connectivity index (χ4v) is 4.26. The number of hydrogen-bond donors (Lipinski definition) is 1. The average molecular weight is 405 g/mol. The lowest BCUT2D eigenvalue weighted by molar-refractivity contribution is -0.122. The minimum absolute atomic E-state index is 0.269. The van der Waals surface area contributed by atoms with Crippen molar-refractivity contribution in [1.29, 1.82) is 0 Å². The lowest BCUT2D eigenvalue weighted by Crippen LogP contribution is -2.49. The van der Waals surface area contributed by atoms with Crippen LogP contribution >= 0.6 is 0 Å². The van der Waals surface area contributed by atoms with Gasteiger partial charge in [0.25, 0.3) is 0 Å². The van der Waals surface area contributed by atoms with E-state index in [-0.39, 0.29) is 11.9 Å². The molecule has 0 aromatic heterocycles. The third-order valence-electron chi connectivity index (χ3n) is 4.39. The molecule has 0 radical (unpaired) electrons. The molecule has 0 saturated heterocycles. The first-order valence-electron chi connectivity index (χ1n) is 9.35. The van der Waals surface area contributed by atoms with Crippen LogP contribution < -0.4 is 14.4 Å². The molecule has 0 fully saturated rings. The highest BCUT2D eigenvalue weighted by atomic mass is 32.2. The normalized spacial score (nSPS) is 13.4. The number of para-hydroxylation sites is 1. The Morgan fingerprint density at radius 2 is 1.68 bits per heavy atom. The van der Waals surface area contributed by atoms with Crippen molar-refractivity contribution < 1.29 is 17.9 Å². The molecular weight excluding hydrogens is 376 g/mol. The molecule has 0 bridgehead atoms. The van der Waals surface area contributed by atoms with Crippen LogP contribution in [0.15, 0.2) is 54.6 Å². The summed E-state index contributed by atoms with van der Waals surface area (Å²) >= 11 is 0. The molecule has 0 aliphatic heterocycles. The summed E-state index contributed by atoms with van der Waals surface area (Å²) in [7, 11) is -3.63. The zero-order valence-corrected chi connectivity index (χ0v) is 17.6. The van der Waals surface area contributed by atoms with Gasteiger partial charge in [0.1, 0.15) is 11.8 Å². The molecule has 0 saturated carbocycles. The minimum atomic E-state index is -3.63. The van der Waals surface area contributed by atoms with E-state index in [4.69, 9.17) is 4.74 Å². The van der Waals surface area contributed by atoms with E-state index in [1.807, 2.05) is 38.1 Å². The summed E-state index contributed by atoms with van der Waals surface area (Å²) in [4.78, 5) is 12.9. The Bertz CT molecular complexity index is 867. The van der Waals surface area contributed by atoms with Crippen molar-refractivity contribution in [2.75, 3.05) is 17.2 Å². The molecular formula is C21H28N2O4S. The predicted octanol–water partition coefficient (Wildman–Crippen LogP) is 3.51. The van der Waals surface area contributed by atoms with Gasteiger partial charge in [0.2, 0.25) is 15.9 Å². The van der Waals surface area contributed by atoms with Gasteiger partial charge in [-0.3, -0.25) is 9.10 Å². The van der Waals surface area contributed by atoms with Gasteiger partial charge in [-0.15, -0.1) is 0 Å². The summed E-state index contributed by atoms with van der Waals surface area (Å²) in [5, 5.41) is 2.94. The Hall–Kier alpha value is -2.54. The Morgan fingerprint density at radius 3 is 2.18 bits per heavy atom. The lowest BCUT2D eigenvalue weighted by atomic mass is 10.1. The van der Waals surface area contributed by atoms with E-state index < -0.39 is 16.1 Å². The standard InChI is InChI=1S/C21H28N2O4S/c1-5-20(23(28(4,25)26)18-10-8-7-9-11-18)21(24)22-16(3)17-12-14-19(15-13-17)27-6-2/h7-16,20H,5-6H2,1-4H3,(H,22,24). The van der Waals surface area contributed by atoms with E-state index in [0.29, 0.717) is 18.7 Å². The summed E-state index contributed by atoms with van der Waals surface area (Å²) in [6, 6.07) is 15.1. The van der Waals surface area contributed by atoms with Gasteiger partial charge in [-0.2, -0.15) is 0 Å². The van der Waals surface area contributed by atoms with Crippen molar-refractivity contribution in [1.82, 2.24) is 5.32 Å². The number of rotatable bonds is 9. The SMILES string of the molecule is CCOc1ccc(C(C)NC(=O)C(CC)N(c2ccccc2)S(C)(=O)=O)cc1. The summed E-state index contributed by atoms with van der Waals surface area (Å²) in [6.07, 6.45) is 1.47. The number of carbonyl (C=O) groups excluding carboxylic acids is 1. The van der Waals surface area contributed by atoms with Crippen molar-refractivity contribution in [2.24, 2.45) is 0 Å². The molecule has 0 aliphatic rings. The number of ether oxygens (including phenoxy) is 1. The van der Waals surface area contributed by atoms with Crippen LogP contribution in [0.4, 0.5) is 5.69 Å². The maximum atomic E-state index is 12.9. The molecule has 7 heteroatoms. The van der Waals surface area contributed by atoms with Crippen molar-refractivity contribution >= 4 is 21.6 Å². The molecule has 2 atom stereocenters. The summed E-state index contributed by atoms with van der Waals surface area (Å²) in [5.74, 6) is 0.432. The van der Waals surface area contributed by atoms with Crippen molar-refractivity contribution in [3.8, 4) is 5.75 Å². The largest absolute Gasteiger partial charge is 0.494 e. The van der Waals surface area contributed by atoms with Crippen LogP contribution in [0.25, 0.3) is 0 Å². The van der Waals surface area contributed by atoms with Crippen LogP contribution in [0.2, 0.25) is 0 Å². The fraction of sp³-hybridized carbons (Fsp3) is 0.381. The molecule has 28 heavy (non-hydrogen) atoms. The second kappa shape index (κ2) is 9.59. The zero-order valence-electron chi connectivity index (χ0n) is 16.8. The minimum Gasteiger partial charge on any atom is -0.494 e. The van der Waals surface area contributed by atoms with Crippen molar-refractivity contribution in [3.63, 3.8) is 0 Å². The molecule has 0 spiro atoms. The smallest absolute Gasteiger partial charge is 0.244 e. The van der Waals surface area contributed by atoms with Crippen LogP contribution in [0.5, 0.6) is 5.75 Å². The Kier molecular flexibility index (Phi) is 7.45. The topological polar surface area (TPSA) is 75.7 Å². The van der Waals surface area contributed by atoms with Gasteiger partial charge in [-0.1, -0.05) is 37.3 Å². The Balaban J connectivity index is 2.21. The average Bonchev–Trinajstić information content (AvgIpc) is 2.66. The van der Waals surface area contributed by atoms with Gasteiger partial charge >= 0.3 is 0 Å². The number of nitrogens with one attached hydrogen (secondary N) is 1. The van der Waals surface area contributed by atoms with Crippen LogP contribution in [0, 0.1) is 0 Å². The second-order valence-corrected chi connectivity index (χ2v) is 8.41. The third kappa shape index (κ3) is 5.48. The van der Waals surface area contributed by atoms with E-state index in [2.05, 4.69) is 5.32 Å². The number of carbonyl (C=O) groups is 1. The highest BCUT2D eigenvalue weighted by molar-refractivity contribution is 7.92. The number of nitrogens with zero attached hydrogens (tertiary/aromatic N) is 1. The van der Waals surface area contributed by atoms with Crippen molar-refractivity contribution in [2.45, 2.75) is 39.3 Å². The molecule has 6 nitrogen and oxygen atoms in total. The number of amides is 1. The van der Waals surface area contributed by atoms with Crippen LogP contribution in [-0.2, 0) is 14.8 Å². The van der Waals surface area contributed by atoms with Crippen LogP contribution in [0.1, 0.15) is 38.8 Å². The van der Waals surface area contributed by atoms with Crippen LogP contribution in [-0.4, -0.2) is 33.2 Å². The monoisotopic (exact) mass is 404 g/mol. The molecule has 1 N–H and O–H groups in total. The highest BCUT2D eigenvalue weighted by Gasteiger charge is 2.32. The van der Waals surface area contributed by atoms with E-state index >= 15 is 0 Å². The summed E-state index contributed by atoms with van der Waals surface area (Å²) in [5.41, 5.74) is 1.39. The van der Waals surface area contributed by atoms with Crippen molar-refractivity contribution in [3.05, 3.63) is 60.2 Å². The van der Waals surface area contributed by atoms with E-state index in [0.717, 1.165) is 17.6 Å². The first kappa shape index (κ1) is 21.8. The Labute approximate surface area is 167 Å². The summed E-state index contributed by atoms with van der Waals surface area (Å²) in [6.45, 7) is 6.17. The number of sulfonamides is 1. The van der Waals surface area contributed by atoms with E-state index in [1.54, 1.807) is 37.3 Å². The molecule has 2 rings (SSSR count). The molecule has 0 heterocycles. The first-order valence-corrected chi connectivity index (χ1v) is 11.2. The maximum absolute atomic E-state index is 12.9. The third-order valence-corrected chi connectivity index (χ3v) is 5.57. The maximum Gasteiger partial charge on any atom is 0.244 e. The van der Waals surface area contributed by atoms with Gasteiger partial charge in [0, 0.05) is 0 Å². The lowest BCUT2D eigenvalue weighted by Gasteiger charge is -2.31. The van der Waals surface area contributed by atoms with Gasteiger partial charge < -0.3 is 10.1 Å². The number of benzene rings is 2. The molecule has 1 amide bonds. The van der Waals surface area contributed by atoms with Gasteiger partial charge in [-0.05, 0) is 50.1 Å². The van der Waals surface area contributed by atoms with E-state index in [9.17, 15) is 13.2 Å². The predicted molar refractivity (Wildman–Crippen MR) is 112 cm³/mol. The molecule has 2 unspecified atom stereocenters. The first-order chi connectivity index (χ1) is 13.3. The number of anilines is 1. The highest BCUT2D eigenvalue weighted by Crippen LogP contribution is 2.23. The fourth-order valence-electron chi connectivity index (χ4n) is 3.05. The summed E-state index contributed by atoms with van der Waals surface area (Å²) < 4.78 is 31.5. The molecule has 152 valence electrons. The molecule has 0 aliphatic carbocycles.